The van der Waals surface area contributed by atoms with Crippen molar-refractivity contribution in [2.45, 2.75) is 19.9 Å². The Morgan fingerprint density at radius 3 is 2.39 bits per heavy atom. The molecule has 0 bridgehead atoms. The first-order valence-electron chi connectivity index (χ1n) is 9.84. The summed E-state index contributed by atoms with van der Waals surface area (Å²) in [5.41, 5.74) is 3.74. The number of rotatable bonds is 6. The standard InChI is InChI=1S/C23H28N4O/c1-2-24-23(26-18-22(28)25-17-19-9-5-3-6-10-19)27-15-13-21(14-16-27)20-11-7-4-8-12-20/h3-13H,2,14-18H2,1H3,(H,24,26)(H,25,28). The molecule has 2 N–H and O–H groups in total. The number of hydrogen-bond donors (Lipinski definition) is 2. The van der Waals surface area contributed by atoms with E-state index in [-0.39, 0.29) is 12.5 Å². The second kappa shape index (κ2) is 10.3. The molecule has 0 saturated carbocycles. The smallest absolute Gasteiger partial charge is 0.242 e. The third kappa shape index (κ3) is 5.71. The highest BCUT2D eigenvalue weighted by Gasteiger charge is 2.16. The summed E-state index contributed by atoms with van der Waals surface area (Å²) in [7, 11) is 0. The van der Waals surface area contributed by atoms with E-state index in [1.54, 1.807) is 0 Å². The quantitative estimate of drug-likeness (QED) is 0.602. The predicted molar refractivity (Wildman–Crippen MR) is 115 cm³/mol. The van der Waals surface area contributed by atoms with E-state index in [4.69, 9.17) is 0 Å². The molecule has 146 valence electrons. The fraction of sp³-hybridized carbons (Fsp3) is 0.304. The van der Waals surface area contributed by atoms with E-state index in [1.165, 1.54) is 11.1 Å². The summed E-state index contributed by atoms with van der Waals surface area (Å²) in [6, 6.07) is 20.4. The van der Waals surface area contributed by atoms with E-state index in [1.807, 2.05) is 43.3 Å². The van der Waals surface area contributed by atoms with Crippen LogP contribution in [0.15, 0.2) is 71.7 Å². The van der Waals surface area contributed by atoms with Gasteiger partial charge in [-0.3, -0.25) is 4.79 Å². The first-order valence-corrected chi connectivity index (χ1v) is 9.84. The number of nitrogens with zero attached hydrogens (tertiary/aromatic N) is 2. The van der Waals surface area contributed by atoms with Crippen LogP contribution in [0.25, 0.3) is 5.57 Å². The molecule has 0 atom stereocenters. The van der Waals surface area contributed by atoms with Gasteiger partial charge in [-0.2, -0.15) is 0 Å². The van der Waals surface area contributed by atoms with E-state index in [2.05, 4.69) is 50.9 Å². The fourth-order valence-corrected chi connectivity index (χ4v) is 3.20. The van der Waals surface area contributed by atoms with E-state index in [0.717, 1.165) is 37.6 Å². The summed E-state index contributed by atoms with van der Waals surface area (Å²) in [5.74, 6) is 0.720. The average Bonchev–Trinajstić information content (AvgIpc) is 2.76. The number of carbonyl (C=O) groups is 1. The molecule has 2 aromatic carbocycles. The summed E-state index contributed by atoms with van der Waals surface area (Å²) in [5, 5.41) is 6.23. The molecule has 1 aliphatic rings. The Labute approximate surface area is 167 Å². The van der Waals surface area contributed by atoms with Crippen LogP contribution in [0.5, 0.6) is 0 Å². The van der Waals surface area contributed by atoms with Crippen molar-refractivity contribution < 1.29 is 4.79 Å². The Kier molecular flexibility index (Phi) is 7.24. The molecule has 1 heterocycles. The molecule has 0 aromatic heterocycles. The second-order valence-electron chi connectivity index (χ2n) is 6.72. The normalized spacial score (nSPS) is 14.4. The third-order valence-electron chi connectivity index (χ3n) is 4.69. The highest BCUT2D eigenvalue weighted by molar-refractivity contribution is 5.85. The van der Waals surface area contributed by atoms with Gasteiger partial charge in [-0.05, 0) is 30.0 Å². The van der Waals surface area contributed by atoms with E-state index in [9.17, 15) is 4.79 Å². The fourth-order valence-electron chi connectivity index (χ4n) is 3.20. The average molecular weight is 377 g/mol. The highest BCUT2D eigenvalue weighted by Crippen LogP contribution is 2.21. The number of carbonyl (C=O) groups excluding carboxylic acids is 1. The molecular weight excluding hydrogens is 348 g/mol. The van der Waals surface area contributed by atoms with Crippen molar-refractivity contribution in [3.8, 4) is 0 Å². The SMILES string of the molecule is CCNC(=NCC(=O)NCc1ccccc1)N1CC=C(c2ccccc2)CC1. The summed E-state index contributed by atoms with van der Waals surface area (Å²) in [4.78, 5) is 18.9. The molecule has 0 radical (unpaired) electrons. The first kappa shape index (κ1) is 19.7. The predicted octanol–water partition coefficient (Wildman–Crippen LogP) is 3.06. The van der Waals surface area contributed by atoms with E-state index < -0.39 is 0 Å². The molecule has 1 aliphatic heterocycles. The van der Waals surface area contributed by atoms with Gasteiger partial charge in [0.25, 0.3) is 0 Å². The highest BCUT2D eigenvalue weighted by atomic mass is 16.1. The van der Waals surface area contributed by atoms with Gasteiger partial charge in [0, 0.05) is 26.2 Å². The van der Waals surface area contributed by atoms with Gasteiger partial charge in [-0.25, -0.2) is 4.99 Å². The summed E-state index contributed by atoms with van der Waals surface area (Å²) in [6.07, 6.45) is 3.22. The molecule has 0 unspecified atom stereocenters. The first-order chi connectivity index (χ1) is 13.8. The van der Waals surface area contributed by atoms with Crippen molar-refractivity contribution >= 4 is 17.4 Å². The van der Waals surface area contributed by atoms with Gasteiger partial charge in [0.2, 0.25) is 5.91 Å². The van der Waals surface area contributed by atoms with Crippen molar-refractivity contribution in [1.29, 1.82) is 0 Å². The third-order valence-corrected chi connectivity index (χ3v) is 4.69. The largest absolute Gasteiger partial charge is 0.356 e. The topological polar surface area (TPSA) is 56.7 Å². The summed E-state index contributed by atoms with van der Waals surface area (Å²) in [6.45, 7) is 5.15. The van der Waals surface area contributed by atoms with Gasteiger partial charge in [0.1, 0.15) is 6.54 Å². The lowest BCUT2D eigenvalue weighted by Crippen LogP contribution is -2.44. The molecule has 2 aromatic rings. The van der Waals surface area contributed by atoms with Crippen LogP contribution in [0.3, 0.4) is 0 Å². The molecular formula is C23H28N4O. The Balaban J connectivity index is 1.55. The van der Waals surface area contributed by atoms with E-state index in [0.29, 0.717) is 6.54 Å². The molecule has 0 saturated heterocycles. The van der Waals surface area contributed by atoms with E-state index >= 15 is 0 Å². The van der Waals surface area contributed by atoms with Gasteiger partial charge < -0.3 is 15.5 Å². The van der Waals surface area contributed by atoms with Crippen molar-refractivity contribution in [1.82, 2.24) is 15.5 Å². The van der Waals surface area contributed by atoms with Crippen molar-refractivity contribution in [2.75, 3.05) is 26.2 Å². The van der Waals surface area contributed by atoms with Crippen LogP contribution in [0.4, 0.5) is 0 Å². The summed E-state index contributed by atoms with van der Waals surface area (Å²) >= 11 is 0. The zero-order valence-corrected chi connectivity index (χ0v) is 16.4. The van der Waals surface area contributed by atoms with Gasteiger partial charge in [-0.15, -0.1) is 0 Å². The Morgan fingerprint density at radius 1 is 1.04 bits per heavy atom. The lowest BCUT2D eigenvalue weighted by Gasteiger charge is -2.29. The number of guanidine groups is 1. The van der Waals surface area contributed by atoms with Crippen molar-refractivity contribution in [3.63, 3.8) is 0 Å². The maximum atomic E-state index is 12.2. The molecule has 0 aliphatic carbocycles. The van der Waals surface area contributed by atoms with Crippen LogP contribution in [0.1, 0.15) is 24.5 Å². The van der Waals surface area contributed by atoms with Crippen LogP contribution in [0.2, 0.25) is 0 Å². The Morgan fingerprint density at radius 2 is 1.75 bits per heavy atom. The number of nitrogens with one attached hydrogen (secondary N) is 2. The Hall–Kier alpha value is -3.08. The molecule has 28 heavy (non-hydrogen) atoms. The maximum Gasteiger partial charge on any atom is 0.242 e. The zero-order chi connectivity index (χ0) is 19.6. The van der Waals surface area contributed by atoms with Crippen LogP contribution in [-0.4, -0.2) is 42.9 Å². The monoisotopic (exact) mass is 376 g/mol. The van der Waals surface area contributed by atoms with Gasteiger partial charge in [0.15, 0.2) is 5.96 Å². The number of amides is 1. The maximum absolute atomic E-state index is 12.2. The lowest BCUT2D eigenvalue weighted by atomic mass is 10.00. The second-order valence-corrected chi connectivity index (χ2v) is 6.72. The van der Waals surface area contributed by atoms with Gasteiger partial charge >= 0.3 is 0 Å². The van der Waals surface area contributed by atoms with Gasteiger partial charge in [-0.1, -0.05) is 66.7 Å². The minimum atomic E-state index is -0.0724. The van der Waals surface area contributed by atoms with Crippen molar-refractivity contribution in [2.24, 2.45) is 4.99 Å². The Bertz CT molecular complexity index is 815. The number of aliphatic imine (C=N–C) groups is 1. The molecule has 5 heteroatoms. The van der Waals surface area contributed by atoms with Crippen LogP contribution >= 0.6 is 0 Å². The van der Waals surface area contributed by atoms with Crippen molar-refractivity contribution in [3.05, 3.63) is 77.9 Å². The molecule has 5 nitrogen and oxygen atoms in total. The molecule has 3 rings (SSSR count). The number of hydrogen-bond acceptors (Lipinski definition) is 2. The summed E-state index contributed by atoms with van der Waals surface area (Å²) < 4.78 is 0. The molecule has 1 amide bonds. The molecule has 0 spiro atoms. The lowest BCUT2D eigenvalue weighted by molar-refractivity contribution is -0.119. The minimum absolute atomic E-state index is 0.0724. The minimum Gasteiger partial charge on any atom is -0.356 e. The van der Waals surface area contributed by atoms with Gasteiger partial charge in [0.05, 0.1) is 0 Å². The van der Waals surface area contributed by atoms with Crippen LogP contribution in [0, 0.1) is 0 Å². The zero-order valence-electron chi connectivity index (χ0n) is 16.4. The van der Waals surface area contributed by atoms with Crippen LogP contribution in [-0.2, 0) is 11.3 Å². The number of benzene rings is 2. The van der Waals surface area contributed by atoms with Crippen LogP contribution < -0.4 is 10.6 Å². The molecule has 0 fully saturated rings.